The van der Waals surface area contributed by atoms with E-state index in [4.69, 9.17) is 4.74 Å². The maximum absolute atomic E-state index is 11.9. The molecule has 0 fully saturated rings. The number of hydrogen-bond acceptors (Lipinski definition) is 6. The molecule has 102 valence electrons. The van der Waals surface area contributed by atoms with Crippen molar-refractivity contribution in [3.8, 4) is 5.88 Å². The van der Waals surface area contributed by atoms with Gasteiger partial charge in [0.15, 0.2) is 0 Å². The molecule has 1 amide bonds. The van der Waals surface area contributed by atoms with E-state index in [-0.39, 0.29) is 5.91 Å². The molecule has 0 bridgehead atoms. The Bertz CT molecular complexity index is 563. The standard InChI is InChI=1S/C11H15N5O2S/c1-16(2)11(17)8-6-13-14-10(8)12-5-7-4-9(18-3)15-19-7/h4,6H,5H2,1-3H3,(H2,12,13,14). The van der Waals surface area contributed by atoms with Gasteiger partial charge in [0, 0.05) is 25.0 Å². The molecule has 2 N–H and O–H groups in total. The van der Waals surface area contributed by atoms with E-state index in [0.29, 0.717) is 23.8 Å². The number of hydrogen-bond donors (Lipinski definition) is 2. The van der Waals surface area contributed by atoms with E-state index < -0.39 is 0 Å². The van der Waals surface area contributed by atoms with E-state index in [1.807, 2.05) is 6.07 Å². The van der Waals surface area contributed by atoms with E-state index >= 15 is 0 Å². The third kappa shape index (κ3) is 3.02. The van der Waals surface area contributed by atoms with Gasteiger partial charge in [0.05, 0.1) is 19.9 Å². The van der Waals surface area contributed by atoms with Crippen LogP contribution in [0.4, 0.5) is 5.82 Å². The van der Waals surface area contributed by atoms with E-state index in [1.54, 1.807) is 21.2 Å². The third-order valence-electron chi connectivity index (χ3n) is 2.46. The van der Waals surface area contributed by atoms with Crippen LogP contribution < -0.4 is 10.1 Å². The van der Waals surface area contributed by atoms with Crippen molar-refractivity contribution in [3.63, 3.8) is 0 Å². The fourth-order valence-electron chi connectivity index (χ4n) is 1.47. The first-order chi connectivity index (χ1) is 9.11. The summed E-state index contributed by atoms with van der Waals surface area (Å²) in [6.07, 6.45) is 1.51. The van der Waals surface area contributed by atoms with Crippen LogP contribution >= 0.6 is 11.5 Å². The van der Waals surface area contributed by atoms with Crippen LogP contribution in [-0.4, -0.2) is 46.6 Å². The quantitative estimate of drug-likeness (QED) is 0.860. The fraction of sp³-hybridized carbons (Fsp3) is 0.364. The number of carbonyl (C=O) groups is 1. The molecular weight excluding hydrogens is 266 g/mol. The first-order valence-electron chi connectivity index (χ1n) is 5.60. The van der Waals surface area contributed by atoms with Crippen molar-refractivity contribution >= 4 is 23.3 Å². The zero-order valence-corrected chi connectivity index (χ0v) is 11.7. The topological polar surface area (TPSA) is 83.1 Å². The van der Waals surface area contributed by atoms with Crippen LogP contribution in [0.25, 0.3) is 0 Å². The summed E-state index contributed by atoms with van der Waals surface area (Å²) < 4.78 is 9.11. The van der Waals surface area contributed by atoms with Gasteiger partial charge in [-0.3, -0.25) is 9.89 Å². The highest BCUT2D eigenvalue weighted by Crippen LogP contribution is 2.19. The van der Waals surface area contributed by atoms with Crippen molar-refractivity contribution in [1.29, 1.82) is 0 Å². The predicted octanol–water partition coefficient (Wildman–Crippen LogP) is 1.19. The number of nitrogens with one attached hydrogen (secondary N) is 2. The second kappa shape index (κ2) is 5.70. The lowest BCUT2D eigenvalue weighted by Crippen LogP contribution is -2.22. The Labute approximate surface area is 114 Å². The van der Waals surface area contributed by atoms with Gasteiger partial charge in [0.2, 0.25) is 5.88 Å². The molecule has 2 aromatic rings. The molecule has 7 nitrogen and oxygen atoms in total. The monoisotopic (exact) mass is 281 g/mol. The van der Waals surface area contributed by atoms with E-state index in [9.17, 15) is 4.79 Å². The molecule has 0 aliphatic rings. The zero-order chi connectivity index (χ0) is 13.8. The first-order valence-corrected chi connectivity index (χ1v) is 6.37. The predicted molar refractivity (Wildman–Crippen MR) is 72.6 cm³/mol. The van der Waals surface area contributed by atoms with Gasteiger partial charge in [0.1, 0.15) is 11.4 Å². The van der Waals surface area contributed by atoms with Crippen molar-refractivity contribution in [1.82, 2.24) is 19.5 Å². The maximum Gasteiger partial charge on any atom is 0.258 e. The molecule has 0 aliphatic carbocycles. The summed E-state index contributed by atoms with van der Waals surface area (Å²) in [6.45, 7) is 0.553. The average Bonchev–Trinajstić information content (AvgIpc) is 3.03. The molecule has 19 heavy (non-hydrogen) atoms. The number of amides is 1. The minimum Gasteiger partial charge on any atom is -0.480 e. The molecule has 0 aromatic carbocycles. The Balaban J connectivity index is 2.04. The zero-order valence-electron chi connectivity index (χ0n) is 10.9. The molecule has 0 atom stereocenters. The third-order valence-corrected chi connectivity index (χ3v) is 3.23. The van der Waals surface area contributed by atoms with Crippen LogP contribution in [0.1, 0.15) is 15.2 Å². The van der Waals surface area contributed by atoms with Crippen LogP contribution in [-0.2, 0) is 6.54 Å². The van der Waals surface area contributed by atoms with Crippen molar-refractivity contribution < 1.29 is 9.53 Å². The van der Waals surface area contributed by atoms with E-state index in [2.05, 4.69) is 19.9 Å². The SMILES string of the molecule is COc1cc(CNc2[nH]ncc2C(=O)N(C)C)sn1. The fourth-order valence-corrected chi connectivity index (χ4v) is 2.10. The number of rotatable bonds is 5. The highest BCUT2D eigenvalue weighted by molar-refractivity contribution is 7.05. The molecule has 2 aromatic heterocycles. The molecule has 0 unspecified atom stereocenters. The van der Waals surface area contributed by atoms with Gasteiger partial charge in [-0.1, -0.05) is 0 Å². The van der Waals surface area contributed by atoms with Gasteiger partial charge >= 0.3 is 0 Å². The Morgan fingerprint density at radius 3 is 3.00 bits per heavy atom. The van der Waals surface area contributed by atoms with Crippen LogP contribution in [0, 0.1) is 0 Å². The second-order valence-electron chi connectivity index (χ2n) is 4.05. The number of H-pyrrole nitrogens is 1. The van der Waals surface area contributed by atoms with Gasteiger partial charge in [-0.2, -0.15) is 9.47 Å². The Morgan fingerprint density at radius 1 is 1.58 bits per heavy atom. The van der Waals surface area contributed by atoms with Crippen LogP contribution in [0.15, 0.2) is 12.3 Å². The highest BCUT2D eigenvalue weighted by atomic mass is 32.1. The number of aromatic amines is 1. The van der Waals surface area contributed by atoms with E-state index in [1.165, 1.54) is 22.6 Å². The number of anilines is 1. The molecule has 0 saturated heterocycles. The number of methoxy groups -OCH3 is 1. The number of aromatic nitrogens is 3. The highest BCUT2D eigenvalue weighted by Gasteiger charge is 2.15. The Morgan fingerprint density at radius 2 is 2.37 bits per heavy atom. The molecule has 0 spiro atoms. The average molecular weight is 281 g/mol. The molecule has 8 heteroatoms. The van der Waals surface area contributed by atoms with Crippen LogP contribution in [0.2, 0.25) is 0 Å². The van der Waals surface area contributed by atoms with Crippen molar-refractivity contribution in [2.75, 3.05) is 26.5 Å². The van der Waals surface area contributed by atoms with Crippen molar-refractivity contribution in [2.45, 2.75) is 6.54 Å². The van der Waals surface area contributed by atoms with Gasteiger partial charge in [-0.05, 0) is 11.5 Å². The number of carbonyl (C=O) groups excluding carboxylic acids is 1. The normalized spacial score (nSPS) is 10.3. The van der Waals surface area contributed by atoms with Gasteiger partial charge in [-0.15, -0.1) is 0 Å². The number of ether oxygens (including phenoxy) is 1. The Hall–Kier alpha value is -2.09. The van der Waals surface area contributed by atoms with Gasteiger partial charge < -0.3 is 15.0 Å². The van der Waals surface area contributed by atoms with Gasteiger partial charge in [-0.25, -0.2) is 0 Å². The van der Waals surface area contributed by atoms with E-state index in [0.717, 1.165) is 4.88 Å². The number of nitrogens with zero attached hydrogens (tertiary/aromatic N) is 3. The largest absolute Gasteiger partial charge is 0.480 e. The van der Waals surface area contributed by atoms with Gasteiger partial charge in [0.25, 0.3) is 5.91 Å². The van der Waals surface area contributed by atoms with Crippen molar-refractivity contribution in [3.05, 3.63) is 22.7 Å². The lowest BCUT2D eigenvalue weighted by Gasteiger charge is -2.10. The summed E-state index contributed by atoms with van der Waals surface area (Å²) in [5, 5.41) is 9.80. The Kier molecular flexibility index (Phi) is 4.00. The molecule has 0 saturated carbocycles. The van der Waals surface area contributed by atoms with Crippen molar-refractivity contribution in [2.24, 2.45) is 0 Å². The lowest BCUT2D eigenvalue weighted by atomic mass is 10.3. The maximum atomic E-state index is 11.9. The minimum atomic E-state index is -0.0989. The molecule has 2 heterocycles. The summed E-state index contributed by atoms with van der Waals surface area (Å²) in [5.74, 6) is 1.10. The first kappa shape index (κ1) is 13.3. The van der Waals surface area contributed by atoms with Crippen LogP contribution in [0.3, 0.4) is 0 Å². The smallest absolute Gasteiger partial charge is 0.258 e. The molecular formula is C11H15N5O2S. The summed E-state index contributed by atoms with van der Waals surface area (Å²) >= 11 is 1.35. The second-order valence-corrected chi connectivity index (χ2v) is 4.94. The summed E-state index contributed by atoms with van der Waals surface area (Å²) in [7, 11) is 4.98. The van der Waals surface area contributed by atoms with Crippen LogP contribution in [0.5, 0.6) is 5.88 Å². The molecule has 0 radical (unpaired) electrons. The summed E-state index contributed by atoms with van der Waals surface area (Å²) in [6, 6.07) is 1.85. The summed E-state index contributed by atoms with van der Waals surface area (Å²) in [5.41, 5.74) is 0.515. The molecule has 0 aliphatic heterocycles. The summed E-state index contributed by atoms with van der Waals surface area (Å²) in [4.78, 5) is 14.4. The lowest BCUT2D eigenvalue weighted by molar-refractivity contribution is 0.0828. The minimum absolute atomic E-state index is 0.0989. The molecule has 2 rings (SSSR count).